The minimum absolute atomic E-state index is 0.108. The van der Waals surface area contributed by atoms with Crippen molar-refractivity contribution in [2.45, 2.75) is 45.6 Å². The van der Waals surface area contributed by atoms with Gasteiger partial charge in [0.1, 0.15) is 6.29 Å². The number of carbonyl (C=O) groups is 1. The summed E-state index contributed by atoms with van der Waals surface area (Å²) in [6.45, 7) is 9.61. The molecule has 1 unspecified atom stereocenters. The van der Waals surface area contributed by atoms with Crippen molar-refractivity contribution in [3.63, 3.8) is 0 Å². The molecule has 0 saturated heterocycles. The highest BCUT2D eigenvalue weighted by molar-refractivity contribution is 6.18. The Morgan fingerprint density at radius 2 is 2.16 bits per heavy atom. The summed E-state index contributed by atoms with van der Waals surface area (Å²) < 4.78 is 0. The number of halogens is 1. The van der Waals surface area contributed by atoms with Crippen LogP contribution in [0.1, 0.15) is 54.6 Å². The van der Waals surface area contributed by atoms with Crippen LogP contribution in [-0.2, 0) is 0 Å². The predicted molar refractivity (Wildman–Crippen MR) is 81.7 cm³/mol. The van der Waals surface area contributed by atoms with E-state index in [-0.39, 0.29) is 5.54 Å². The Kier molecular flexibility index (Phi) is 3.91. The fourth-order valence-corrected chi connectivity index (χ4v) is 3.45. The Morgan fingerprint density at radius 1 is 1.47 bits per heavy atom. The van der Waals surface area contributed by atoms with Crippen molar-refractivity contribution < 1.29 is 4.79 Å². The molecule has 3 heteroatoms. The van der Waals surface area contributed by atoms with Crippen LogP contribution < -0.4 is 4.90 Å². The topological polar surface area (TPSA) is 20.3 Å². The van der Waals surface area contributed by atoms with E-state index in [1.165, 1.54) is 11.3 Å². The molecular weight excluding hydrogens is 258 g/mol. The van der Waals surface area contributed by atoms with Crippen LogP contribution in [0.5, 0.6) is 0 Å². The predicted octanol–water partition coefficient (Wildman–Crippen LogP) is 4.14. The van der Waals surface area contributed by atoms with Crippen molar-refractivity contribution in [2.24, 2.45) is 0 Å². The number of alkyl halides is 1. The second-order valence-corrected chi connectivity index (χ2v) is 6.52. The lowest BCUT2D eigenvalue weighted by atomic mass is 9.79. The third-order valence-electron chi connectivity index (χ3n) is 4.21. The molecule has 0 amide bonds. The monoisotopic (exact) mass is 279 g/mol. The molecule has 2 nitrogen and oxygen atoms in total. The van der Waals surface area contributed by atoms with Crippen LogP contribution in [0.25, 0.3) is 0 Å². The second-order valence-electron chi connectivity index (χ2n) is 6.14. The summed E-state index contributed by atoms with van der Waals surface area (Å²) in [6, 6.07) is 4.20. The van der Waals surface area contributed by atoms with E-state index in [0.29, 0.717) is 11.8 Å². The summed E-state index contributed by atoms with van der Waals surface area (Å²) in [5, 5.41) is 0. The zero-order valence-corrected chi connectivity index (χ0v) is 12.9. The molecule has 0 N–H and O–H groups in total. The Balaban J connectivity index is 2.58. The van der Waals surface area contributed by atoms with E-state index >= 15 is 0 Å². The quantitative estimate of drug-likeness (QED) is 0.612. The second kappa shape index (κ2) is 5.16. The average molecular weight is 280 g/mol. The van der Waals surface area contributed by atoms with Gasteiger partial charge in [-0.15, -0.1) is 11.6 Å². The van der Waals surface area contributed by atoms with Crippen molar-refractivity contribution in [1.29, 1.82) is 0 Å². The van der Waals surface area contributed by atoms with Gasteiger partial charge < -0.3 is 4.90 Å². The number of fused-ring (bicyclic) bond motifs is 1. The lowest BCUT2D eigenvalue weighted by molar-refractivity contribution is 0.112. The Bertz CT molecular complexity index is 496. The van der Waals surface area contributed by atoms with Gasteiger partial charge in [0.15, 0.2) is 0 Å². The van der Waals surface area contributed by atoms with Crippen LogP contribution in [0.3, 0.4) is 0 Å². The maximum absolute atomic E-state index is 11.1. The highest BCUT2D eigenvalue weighted by atomic mass is 35.5. The van der Waals surface area contributed by atoms with E-state index in [2.05, 4.69) is 37.8 Å². The van der Waals surface area contributed by atoms with Gasteiger partial charge in [-0.1, -0.05) is 6.92 Å². The van der Waals surface area contributed by atoms with Crippen molar-refractivity contribution in [3.8, 4) is 0 Å². The van der Waals surface area contributed by atoms with Gasteiger partial charge in [-0.3, -0.25) is 4.79 Å². The maximum Gasteiger partial charge on any atom is 0.150 e. The van der Waals surface area contributed by atoms with Crippen LogP contribution >= 0.6 is 11.6 Å². The molecule has 19 heavy (non-hydrogen) atoms. The molecule has 0 spiro atoms. The summed E-state index contributed by atoms with van der Waals surface area (Å²) in [4.78, 5) is 13.5. The standard InChI is InChI=1S/C16H22ClNO/c1-11-7-15-14(8-13(11)10-19)12(2)9-16(3,4)18(15)6-5-17/h7-8,10,12H,5-6,9H2,1-4H3. The number of nitrogens with zero attached hydrogens (tertiary/aromatic N) is 1. The van der Waals surface area contributed by atoms with Crippen LogP contribution in [0, 0.1) is 6.92 Å². The molecule has 104 valence electrons. The molecular formula is C16H22ClNO. The third kappa shape index (κ3) is 2.51. The lowest BCUT2D eigenvalue weighted by Gasteiger charge is -2.47. The summed E-state index contributed by atoms with van der Waals surface area (Å²) in [5.41, 5.74) is 4.47. The summed E-state index contributed by atoms with van der Waals surface area (Å²) in [7, 11) is 0. The molecule has 0 bridgehead atoms. The molecule has 0 aliphatic carbocycles. The molecule has 1 aliphatic heterocycles. The number of hydrogen-bond acceptors (Lipinski definition) is 2. The smallest absolute Gasteiger partial charge is 0.150 e. The van der Waals surface area contributed by atoms with E-state index in [4.69, 9.17) is 11.6 Å². The summed E-state index contributed by atoms with van der Waals surface area (Å²) >= 11 is 5.97. The van der Waals surface area contributed by atoms with Crippen molar-refractivity contribution >= 4 is 23.6 Å². The van der Waals surface area contributed by atoms with Gasteiger partial charge in [-0.25, -0.2) is 0 Å². The third-order valence-corrected chi connectivity index (χ3v) is 4.38. The molecule has 0 fully saturated rings. The maximum atomic E-state index is 11.1. The van der Waals surface area contributed by atoms with Gasteiger partial charge in [-0.05, 0) is 56.4 Å². The van der Waals surface area contributed by atoms with E-state index in [0.717, 1.165) is 30.4 Å². The number of hydrogen-bond donors (Lipinski definition) is 0. The van der Waals surface area contributed by atoms with Gasteiger partial charge >= 0.3 is 0 Å². The molecule has 0 aromatic heterocycles. The van der Waals surface area contributed by atoms with E-state index in [1.807, 2.05) is 6.92 Å². The van der Waals surface area contributed by atoms with E-state index in [1.54, 1.807) is 0 Å². The molecule has 1 atom stereocenters. The number of carbonyl (C=O) groups excluding carboxylic acids is 1. The normalized spacial score (nSPS) is 21.1. The molecule has 0 saturated carbocycles. The van der Waals surface area contributed by atoms with Crippen molar-refractivity contribution in [1.82, 2.24) is 0 Å². The van der Waals surface area contributed by atoms with Crippen LogP contribution in [0.2, 0.25) is 0 Å². The van der Waals surface area contributed by atoms with Gasteiger partial charge in [0.05, 0.1) is 0 Å². The number of benzene rings is 1. The van der Waals surface area contributed by atoms with Gasteiger partial charge in [0.25, 0.3) is 0 Å². The van der Waals surface area contributed by atoms with Crippen LogP contribution in [0.4, 0.5) is 5.69 Å². The highest BCUT2D eigenvalue weighted by Gasteiger charge is 2.36. The van der Waals surface area contributed by atoms with Gasteiger partial charge in [-0.2, -0.15) is 0 Å². The van der Waals surface area contributed by atoms with Crippen molar-refractivity contribution in [2.75, 3.05) is 17.3 Å². The zero-order chi connectivity index (χ0) is 14.2. The highest BCUT2D eigenvalue weighted by Crippen LogP contribution is 2.44. The van der Waals surface area contributed by atoms with Gasteiger partial charge in [0, 0.05) is 29.2 Å². The Morgan fingerprint density at radius 3 is 2.74 bits per heavy atom. The fourth-order valence-electron chi connectivity index (χ4n) is 3.29. The molecule has 1 aliphatic rings. The average Bonchev–Trinajstić information content (AvgIpc) is 2.33. The number of aldehydes is 1. The van der Waals surface area contributed by atoms with E-state index < -0.39 is 0 Å². The number of rotatable bonds is 3. The Labute approximate surface area is 120 Å². The number of anilines is 1. The first-order valence-corrected chi connectivity index (χ1v) is 7.37. The van der Waals surface area contributed by atoms with Crippen LogP contribution in [0.15, 0.2) is 12.1 Å². The summed E-state index contributed by atoms with van der Waals surface area (Å²) in [6.07, 6.45) is 2.03. The van der Waals surface area contributed by atoms with E-state index in [9.17, 15) is 4.79 Å². The Hall–Kier alpha value is -1.02. The lowest BCUT2D eigenvalue weighted by Crippen LogP contribution is -2.49. The fraction of sp³-hybridized carbons (Fsp3) is 0.562. The minimum Gasteiger partial charge on any atom is -0.365 e. The molecule has 1 heterocycles. The largest absolute Gasteiger partial charge is 0.365 e. The first kappa shape index (κ1) is 14.4. The molecule has 1 aromatic rings. The van der Waals surface area contributed by atoms with Crippen LogP contribution in [-0.4, -0.2) is 24.2 Å². The zero-order valence-electron chi connectivity index (χ0n) is 12.2. The molecule has 1 aromatic carbocycles. The first-order chi connectivity index (χ1) is 8.90. The van der Waals surface area contributed by atoms with Gasteiger partial charge in [0.2, 0.25) is 0 Å². The SMILES string of the molecule is Cc1cc2c(cc1C=O)C(C)CC(C)(C)N2CCCl. The minimum atomic E-state index is 0.108. The molecule has 0 radical (unpaired) electrons. The molecule has 2 rings (SSSR count). The first-order valence-electron chi connectivity index (χ1n) is 6.84. The van der Waals surface area contributed by atoms with Crippen molar-refractivity contribution in [3.05, 3.63) is 28.8 Å². The number of aryl methyl sites for hydroxylation is 1. The summed E-state index contributed by atoms with van der Waals surface area (Å²) in [5.74, 6) is 1.09.